The standard InChI is InChI=1S/C20H22N6O6S/c1-24-17-15(19(30)25(2)20(24)31)26(9-22-17)7-13(28)32-8-12(27)23-18-14(16(21)29)10-5-3-4-6-11(10)33-18/h9H,3-8H2,1-2H3,(H2,21,29)(H,23,27). The van der Waals surface area contributed by atoms with Gasteiger partial charge in [0.15, 0.2) is 17.8 Å². The van der Waals surface area contributed by atoms with Crippen LogP contribution in [-0.2, 0) is 47.8 Å². The Morgan fingerprint density at radius 2 is 1.91 bits per heavy atom. The first kappa shape index (κ1) is 22.5. The molecule has 33 heavy (non-hydrogen) atoms. The molecule has 0 aliphatic heterocycles. The quantitative estimate of drug-likeness (QED) is 0.462. The number of aryl methyl sites for hydroxylation is 2. The van der Waals surface area contributed by atoms with Crippen molar-refractivity contribution in [3.8, 4) is 0 Å². The normalized spacial score (nSPS) is 13.0. The molecule has 3 N–H and O–H groups in total. The minimum absolute atomic E-state index is 0.0660. The van der Waals surface area contributed by atoms with Gasteiger partial charge in [-0.2, -0.15) is 0 Å². The Hall–Kier alpha value is -3.74. The summed E-state index contributed by atoms with van der Waals surface area (Å²) in [4.78, 5) is 66.1. The molecule has 1 aliphatic rings. The van der Waals surface area contributed by atoms with Crippen LogP contribution in [0.1, 0.15) is 33.6 Å². The third-order valence-electron chi connectivity index (χ3n) is 5.55. The van der Waals surface area contributed by atoms with E-state index in [1.54, 1.807) is 0 Å². The second-order valence-corrected chi connectivity index (χ2v) is 8.84. The topological polar surface area (TPSA) is 160 Å². The summed E-state index contributed by atoms with van der Waals surface area (Å²) in [6.45, 7) is -0.959. The summed E-state index contributed by atoms with van der Waals surface area (Å²) in [6, 6.07) is 0. The first-order valence-electron chi connectivity index (χ1n) is 10.2. The summed E-state index contributed by atoms with van der Waals surface area (Å²) in [7, 11) is 2.79. The molecule has 3 aromatic heterocycles. The van der Waals surface area contributed by atoms with Crippen molar-refractivity contribution in [3.05, 3.63) is 43.2 Å². The van der Waals surface area contributed by atoms with E-state index in [0.29, 0.717) is 10.6 Å². The predicted molar refractivity (Wildman–Crippen MR) is 119 cm³/mol. The van der Waals surface area contributed by atoms with E-state index < -0.39 is 35.6 Å². The minimum atomic E-state index is -0.777. The molecular formula is C20H22N6O6S. The number of carbonyl (C=O) groups is 3. The lowest BCUT2D eigenvalue weighted by molar-refractivity contribution is -0.147. The van der Waals surface area contributed by atoms with Crippen LogP contribution in [0.25, 0.3) is 11.2 Å². The van der Waals surface area contributed by atoms with Crippen LogP contribution >= 0.6 is 11.3 Å². The zero-order chi connectivity index (χ0) is 23.9. The van der Waals surface area contributed by atoms with Gasteiger partial charge in [0.05, 0.1) is 11.9 Å². The molecule has 13 heteroatoms. The van der Waals surface area contributed by atoms with Gasteiger partial charge in [0, 0.05) is 19.0 Å². The van der Waals surface area contributed by atoms with Crippen LogP contribution in [-0.4, -0.2) is 43.1 Å². The van der Waals surface area contributed by atoms with Gasteiger partial charge in [-0.25, -0.2) is 9.78 Å². The van der Waals surface area contributed by atoms with E-state index in [9.17, 15) is 24.0 Å². The number of imidazole rings is 1. The van der Waals surface area contributed by atoms with Gasteiger partial charge in [0.25, 0.3) is 17.4 Å². The molecule has 0 atom stereocenters. The summed E-state index contributed by atoms with van der Waals surface area (Å²) in [5.74, 6) is -2.00. The van der Waals surface area contributed by atoms with Crippen molar-refractivity contribution in [1.29, 1.82) is 0 Å². The van der Waals surface area contributed by atoms with Crippen LogP contribution < -0.4 is 22.3 Å². The van der Waals surface area contributed by atoms with Crippen LogP contribution in [0.4, 0.5) is 5.00 Å². The summed E-state index contributed by atoms with van der Waals surface area (Å²) in [5.41, 5.74) is 5.78. The van der Waals surface area contributed by atoms with Crippen molar-refractivity contribution >= 4 is 45.3 Å². The predicted octanol–water partition coefficient (Wildman–Crippen LogP) is -0.345. The summed E-state index contributed by atoms with van der Waals surface area (Å²) in [6.07, 6.45) is 4.78. The molecule has 2 amide bonds. The third kappa shape index (κ3) is 4.06. The van der Waals surface area contributed by atoms with Gasteiger partial charge in [-0.05, 0) is 31.2 Å². The van der Waals surface area contributed by atoms with Crippen LogP contribution in [0, 0.1) is 0 Å². The first-order valence-corrected chi connectivity index (χ1v) is 11.0. The third-order valence-corrected chi connectivity index (χ3v) is 6.76. The SMILES string of the molecule is Cn1c(=O)c2c(ncn2CC(=O)OCC(=O)Nc2sc3c(c2C(N)=O)CCCC3)n(C)c1=O. The van der Waals surface area contributed by atoms with Gasteiger partial charge in [-0.15, -0.1) is 11.3 Å². The number of nitrogens with one attached hydrogen (secondary N) is 1. The average molecular weight is 474 g/mol. The number of nitrogens with two attached hydrogens (primary N) is 1. The molecule has 0 aromatic carbocycles. The van der Waals surface area contributed by atoms with Gasteiger partial charge in [0.1, 0.15) is 11.5 Å². The molecule has 0 saturated carbocycles. The van der Waals surface area contributed by atoms with E-state index in [0.717, 1.165) is 40.7 Å². The van der Waals surface area contributed by atoms with Gasteiger partial charge in [-0.1, -0.05) is 0 Å². The maximum absolute atomic E-state index is 12.4. The molecule has 0 bridgehead atoms. The van der Waals surface area contributed by atoms with E-state index in [-0.39, 0.29) is 17.7 Å². The van der Waals surface area contributed by atoms with Crippen molar-refractivity contribution in [2.75, 3.05) is 11.9 Å². The number of ether oxygens (including phenoxy) is 1. The van der Waals surface area contributed by atoms with E-state index >= 15 is 0 Å². The fourth-order valence-electron chi connectivity index (χ4n) is 3.92. The van der Waals surface area contributed by atoms with Crippen molar-refractivity contribution in [3.63, 3.8) is 0 Å². The fraction of sp³-hybridized carbons (Fsp3) is 0.400. The number of carbonyl (C=O) groups excluding carboxylic acids is 3. The van der Waals surface area contributed by atoms with Crippen molar-refractivity contribution in [2.24, 2.45) is 19.8 Å². The lowest BCUT2D eigenvalue weighted by Gasteiger charge is -2.11. The Kier molecular flexibility index (Phi) is 5.89. The number of aromatic nitrogens is 4. The van der Waals surface area contributed by atoms with Crippen LogP contribution in [0.2, 0.25) is 0 Å². The maximum atomic E-state index is 12.4. The highest BCUT2D eigenvalue weighted by Crippen LogP contribution is 2.37. The molecule has 1 aliphatic carbocycles. The minimum Gasteiger partial charge on any atom is -0.454 e. The molecule has 0 radical (unpaired) electrons. The number of fused-ring (bicyclic) bond motifs is 2. The largest absolute Gasteiger partial charge is 0.454 e. The Bertz CT molecular complexity index is 1410. The highest BCUT2D eigenvalue weighted by molar-refractivity contribution is 7.17. The van der Waals surface area contributed by atoms with E-state index in [1.807, 2.05) is 0 Å². The van der Waals surface area contributed by atoms with Crippen LogP contribution in [0.5, 0.6) is 0 Å². The Labute approximate surface area is 190 Å². The fourth-order valence-corrected chi connectivity index (χ4v) is 5.24. The molecule has 4 rings (SSSR count). The first-order chi connectivity index (χ1) is 15.7. The number of rotatable bonds is 6. The molecule has 0 unspecified atom stereocenters. The number of hydrogen-bond acceptors (Lipinski definition) is 8. The molecule has 3 aromatic rings. The number of nitrogens with zero attached hydrogens (tertiary/aromatic N) is 4. The summed E-state index contributed by atoms with van der Waals surface area (Å²) in [5, 5.41) is 2.98. The molecule has 0 saturated heterocycles. The van der Waals surface area contributed by atoms with E-state index in [4.69, 9.17) is 10.5 Å². The molecule has 3 heterocycles. The smallest absolute Gasteiger partial charge is 0.332 e. The average Bonchev–Trinajstić information content (AvgIpc) is 3.36. The van der Waals surface area contributed by atoms with Crippen molar-refractivity contribution in [2.45, 2.75) is 32.2 Å². The van der Waals surface area contributed by atoms with Crippen LogP contribution in [0.15, 0.2) is 15.9 Å². The Morgan fingerprint density at radius 3 is 2.64 bits per heavy atom. The molecule has 12 nitrogen and oxygen atoms in total. The van der Waals surface area contributed by atoms with Gasteiger partial charge in [0.2, 0.25) is 0 Å². The van der Waals surface area contributed by atoms with Crippen molar-refractivity contribution < 1.29 is 19.1 Å². The number of amides is 2. The second kappa shape index (κ2) is 8.65. The summed E-state index contributed by atoms with van der Waals surface area (Å²) >= 11 is 1.31. The number of esters is 1. The monoisotopic (exact) mass is 474 g/mol. The zero-order valence-corrected chi connectivity index (χ0v) is 18.9. The van der Waals surface area contributed by atoms with Gasteiger partial charge < -0.3 is 20.4 Å². The van der Waals surface area contributed by atoms with E-state index in [1.165, 1.54) is 40.9 Å². The highest BCUT2D eigenvalue weighted by Gasteiger charge is 2.25. The van der Waals surface area contributed by atoms with Crippen LogP contribution in [0.3, 0.4) is 0 Å². The number of thiophene rings is 1. The molecule has 174 valence electrons. The van der Waals surface area contributed by atoms with E-state index in [2.05, 4.69) is 10.3 Å². The number of anilines is 1. The Morgan fingerprint density at radius 1 is 1.18 bits per heavy atom. The van der Waals surface area contributed by atoms with Crippen molar-refractivity contribution in [1.82, 2.24) is 18.7 Å². The lowest BCUT2D eigenvalue weighted by Crippen LogP contribution is -2.37. The zero-order valence-electron chi connectivity index (χ0n) is 18.0. The molecular weight excluding hydrogens is 452 g/mol. The van der Waals surface area contributed by atoms with Gasteiger partial charge >= 0.3 is 11.7 Å². The number of primary amides is 1. The lowest BCUT2D eigenvalue weighted by atomic mass is 9.95. The maximum Gasteiger partial charge on any atom is 0.332 e. The molecule has 0 fully saturated rings. The highest BCUT2D eigenvalue weighted by atomic mass is 32.1. The molecule has 0 spiro atoms. The van der Waals surface area contributed by atoms with Gasteiger partial charge in [-0.3, -0.25) is 28.3 Å². The number of hydrogen-bond donors (Lipinski definition) is 2. The second-order valence-electron chi connectivity index (χ2n) is 7.74. The summed E-state index contributed by atoms with van der Waals surface area (Å²) < 4.78 is 8.41. The Balaban J connectivity index is 1.44.